The van der Waals surface area contributed by atoms with Gasteiger partial charge >= 0.3 is 0 Å². The molecule has 0 heterocycles. The summed E-state index contributed by atoms with van der Waals surface area (Å²) in [7, 11) is 0. The lowest BCUT2D eigenvalue weighted by molar-refractivity contribution is 0.0362. The quantitative estimate of drug-likeness (QED) is 0.649. The number of nitrogens with two attached hydrogens (primary N) is 1. The van der Waals surface area contributed by atoms with Crippen molar-refractivity contribution in [1.82, 2.24) is 0 Å². The summed E-state index contributed by atoms with van der Waals surface area (Å²) in [5, 5.41) is 9.33. The van der Waals surface area contributed by atoms with Crippen LogP contribution in [0.25, 0.3) is 0 Å². The van der Waals surface area contributed by atoms with Gasteiger partial charge in [-0.05, 0) is 19.8 Å². The zero-order valence-electron chi connectivity index (χ0n) is 7.09. The highest BCUT2D eigenvalue weighted by Crippen LogP contribution is 2.13. The molecule has 0 radical (unpaired) electrons. The third-order valence-electron chi connectivity index (χ3n) is 1.53. The van der Waals surface area contributed by atoms with Gasteiger partial charge in [0.05, 0.1) is 5.60 Å². The van der Waals surface area contributed by atoms with Crippen LogP contribution in [0.3, 0.4) is 0 Å². The average Bonchev–Trinajstić information content (AvgIpc) is 1.62. The van der Waals surface area contributed by atoms with Gasteiger partial charge in [-0.3, -0.25) is 0 Å². The molecule has 0 saturated carbocycles. The standard InChI is InChI=1S/C7H17NO.ClH/c1-5(2)6(8)7(3,4)9;/h5-6,9H,8H2,1-4H3;1H/t6-;/m0./s1. The van der Waals surface area contributed by atoms with Crippen LogP contribution >= 0.6 is 12.4 Å². The number of rotatable bonds is 2. The molecule has 2 nitrogen and oxygen atoms in total. The van der Waals surface area contributed by atoms with E-state index in [0.717, 1.165) is 0 Å². The summed E-state index contributed by atoms with van der Waals surface area (Å²) in [6.07, 6.45) is 0. The van der Waals surface area contributed by atoms with Crippen LogP contribution in [0.1, 0.15) is 27.7 Å². The van der Waals surface area contributed by atoms with Crippen LogP contribution in [-0.2, 0) is 0 Å². The minimum absolute atomic E-state index is 0. The monoisotopic (exact) mass is 167 g/mol. The molecule has 0 aromatic carbocycles. The number of hydrogen-bond donors (Lipinski definition) is 2. The van der Waals surface area contributed by atoms with E-state index in [1.807, 2.05) is 13.8 Å². The Balaban J connectivity index is 0. The first-order chi connectivity index (χ1) is 3.85. The van der Waals surface area contributed by atoms with Crippen molar-refractivity contribution >= 4 is 12.4 Å². The third kappa shape index (κ3) is 4.09. The fourth-order valence-corrected chi connectivity index (χ4v) is 0.816. The van der Waals surface area contributed by atoms with Crippen molar-refractivity contribution < 1.29 is 5.11 Å². The molecular formula is C7H18ClNO. The molecule has 3 N–H and O–H groups in total. The summed E-state index contributed by atoms with van der Waals surface area (Å²) in [5.74, 6) is 0.338. The minimum Gasteiger partial charge on any atom is -0.389 e. The first-order valence-corrected chi connectivity index (χ1v) is 3.33. The van der Waals surface area contributed by atoms with Gasteiger partial charge in [0.25, 0.3) is 0 Å². The average molecular weight is 168 g/mol. The fourth-order valence-electron chi connectivity index (χ4n) is 0.816. The van der Waals surface area contributed by atoms with Crippen molar-refractivity contribution in [1.29, 1.82) is 0 Å². The maximum Gasteiger partial charge on any atom is 0.0744 e. The van der Waals surface area contributed by atoms with Gasteiger partial charge in [-0.25, -0.2) is 0 Å². The van der Waals surface area contributed by atoms with Crippen molar-refractivity contribution in [3.63, 3.8) is 0 Å². The lowest BCUT2D eigenvalue weighted by Crippen LogP contribution is -2.46. The summed E-state index contributed by atoms with van der Waals surface area (Å²) in [4.78, 5) is 0. The van der Waals surface area contributed by atoms with Crippen molar-refractivity contribution in [2.45, 2.75) is 39.3 Å². The molecule has 0 spiro atoms. The van der Waals surface area contributed by atoms with Gasteiger partial charge in [0.2, 0.25) is 0 Å². The largest absolute Gasteiger partial charge is 0.389 e. The molecular weight excluding hydrogens is 150 g/mol. The fraction of sp³-hybridized carbons (Fsp3) is 1.00. The second-order valence-electron chi connectivity index (χ2n) is 3.42. The van der Waals surface area contributed by atoms with E-state index in [1.54, 1.807) is 13.8 Å². The highest BCUT2D eigenvalue weighted by Gasteiger charge is 2.24. The molecule has 3 heteroatoms. The van der Waals surface area contributed by atoms with Crippen molar-refractivity contribution in [2.75, 3.05) is 0 Å². The van der Waals surface area contributed by atoms with Crippen LogP contribution in [0.5, 0.6) is 0 Å². The lowest BCUT2D eigenvalue weighted by Gasteiger charge is -2.28. The van der Waals surface area contributed by atoms with Gasteiger partial charge in [0.15, 0.2) is 0 Å². The summed E-state index contributed by atoms with van der Waals surface area (Å²) < 4.78 is 0. The smallest absolute Gasteiger partial charge is 0.0744 e. The normalized spacial score (nSPS) is 14.7. The van der Waals surface area contributed by atoms with Gasteiger partial charge in [0, 0.05) is 6.04 Å². The molecule has 0 aromatic heterocycles. The van der Waals surface area contributed by atoms with Crippen LogP contribution < -0.4 is 5.73 Å². The maximum absolute atomic E-state index is 9.33. The van der Waals surface area contributed by atoms with Gasteiger partial charge in [-0.1, -0.05) is 13.8 Å². The molecule has 10 heavy (non-hydrogen) atoms. The zero-order chi connectivity index (χ0) is 7.65. The highest BCUT2D eigenvalue weighted by atomic mass is 35.5. The van der Waals surface area contributed by atoms with Gasteiger partial charge in [-0.15, -0.1) is 12.4 Å². The van der Waals surface area contributed by atoms with Crippen LogP contribution in [-0.4, -0.2) is 16.7 Å². The third-order valence-corrected chi connectivity index (χ3v) is 1.53. The lowest BCUT2D eigenvalue weighted by atomic mass is 9.90. The minimum atomic E-state index is -0.742. The Morgan fingerprint density at radius 2 is 1.60 bits per heavy atom. The molecule has 0 fully saturated rings. The highest BCUT2D eigenvalue weighted by molar-refractivity contribution is 5.85. The first kappa shape index (κ1) is 12.8. The van der Waals surface area contributed by atoms with E-state index in [4.69, 9.17) is 5.73 Å². The SMILES string of the molecule is CC(C)[C@H](N)C(C)(C)O.Cl. The maximum atomic E-state index is 9.33. The van der Waals surface area contributed by atoms with E-state index in [1.165, 1.54) is 0 Å². The van der Waals surface area contributed by atoms with E-state index >= 15 is 0 Å². The Morgan fingerprint density at radius 1 is 1.30 bits per heavy atom. The molecule has 64 valence electrons. The van der Waals surface area contributed by atoms with Gasteiger partial charge < -0.3 is 10.8 Å². The van der Waals surface area contributed by atoms with Crippen LogP contribution in [0, 0.1) is 5.92 Å². The second-order valence-corrected chi connectivity index (χ2v) is 3.42. The molecule has 0 aliphatic carbocycles. The Kier molecular flexibility index (Phi) is 5.35. The molecule has 0 aliphatic rings. The predicted molar refractivity (Wildman–Crippen MR) is 46.4 cm³/mol. The molecule has 1 atom stereocenters. The van der Waals surface area contributed by atoms with Crippen LogP contribution in [0.4, 0.5) is 0 Å². The van der Waals surface area contributed by atoms with Crippen molar-refractivity contribution in [2.24, 2.45) is 11.7 Å². The van der Waals surface area contributed by atoms with Crippen molar-refractivity contribution in [3.8, 4) is 0 Å². The first-order valence-electron chi connectivity index (χ1n) is 3.33. The van der Waals surface area contributed by atoms with E-state index in [-0.39, 0.29) is 18.4 Å². The molecule has 0 amide bonds. The molecule has 0 saturated heterocycles. The molecule has 0 aromatic rings. The van der Waals surface area contributed by atoms with Crippen LogP contribution in [0.15, 0.2) is 0 Å². The zero-order valence-corrected chi connectivity index (χ0v) is 7.90. The summed E-state index contributed by atoms with van der Waals surface area (Å²) >= 11 is 0. The van der Waals surface area contributed by atoms with E-state index < -0.39 is 5.60 Å². The Bertz CT molecular complexity index is 88.1. The van der Waals surface area contributed by atoms with E-state index in [9.17, 15) is 5.11 Å². The summed E-state index contributed by atoms with van der Waals surface area (Å²) in [6.45, 7) is 7.47. The molecule has 0 aliphatic heterocycles. The number of hydrogen-bond acceptors (Lipinski definition) is 2. The topological polar surface area (TPSA) is 46.2 Å². The Morgan fingerprint density at radius 3 is 1.60 bits per heavy atom. The molecule has 0 bridgehead atoms. The van der Waals surface area contributed by atoms with E-state index in [2.05, 4.69) is 0 Å². The molecule has 0 rings (SSSR count). The predicted octanol–water partition coefficient (Wildman–Crippen LogP) is 1.16. The second kappa shape index (κ2) is 4.16. The van der Waals surface area contributed by atoms with Crippen LogP contribution in [0.2, 0.25) is 0 Å². The van der Waals surface area contributed by atoms with Gasteiger partial charge in [0.1, 0.15) is 0 Å². The Hall–Kier alpha value is 0.210. The summed E-state index contributed by atoms with van der Waals surface area (Å²) in [6, 6.07) is -0.127. The number of aliphatic hydroxyl groups is 1. The summed E-state index contributed by atoms with van der Waals surface area (Å²) in [5.41, 5.74) is 4.90. The number of halogens is 1. The van der Waals surface area contributed by atoms with E-state index in [0.29, 0.717) is 5.92 Å². The Labute approximate surface area is 69.2 Å². The molecule has 0 unspecified atom stereocenters. The van der Waals surface area contributed by atoms with Gasteiger partial charge in [-0.2, -0.15) is 0 Å². The van der Waals surface area contributed by atoms with Crippen molar-refractivity contribution in [3.05, 3.63) is 0 Å².